The molecule has 5 nitrogen and oxygen atoms in total. The van der Waals surface area contributed by atoms with Gasteiger partial charge in [0.15, 0.2) is 11.5 Å². The minimum absolute atomic E-state index is 0.192. The van der Waals surface area contributed by atoms with Crippen LogP contribution in [-0.2, 0) is 11.2 Å². The predicted octanol–water partition coefficient (Wildman–Crippen LogP) is 2.64. The van der Waals surface area contributed by atoms with E-state index in [1.54, 1.807) is 14.2 Å². The van der Waals surface area contributed by atoms with Crippen LogP contribution in [0, 0.1) is 0 Å². The van der Waals surface area contributed by atoms with Crippen molar-refractivity contribution in [3.05, 3.63) is 23.8 Å². The van der Waals surface area contributed by atoms with E-state index in [4.69, 9.17) is 15.6 Å². The summed E-state index contributed by atoms with van der Waals surface area (Å²) in [5, 5.41) is 9.96. The smallest absolute Gasteiger partial charge is 0.160 e. The zero-order valence-corrected chi connectivity index (χ0v) is 15.4. The molecular weight excluding hydrogens is 318 g/mol. The molecule has 2 aliphatic rings. The van der Waals surface area contributed by atoms with Gasteiger partial charge in [0.25, 0.3) is 0 Å². The molecule has 1 aromatic rings. The van der Waals surface area contributed by atoms with Gasteiger partial charge in [0, 0.05) is 19.1 Å². The first-order chi connectivity index (χ1) is 12.5. The van der Waals surface area contributed by atoms with Gasteiger partial charge in [-0.1, -0.05) is 18.9 Å². The quantitative estimate of drug-likeness (QED) is 0.819. The van der Waals surface area contributed by atoms with Crippen molar-refractivity contribution in [2.75, 3.05) is 33.9 Å². The normalized spacial score (nSPS) is 30.9. The van der Waals surface area contributed by atoms with Gasteiger partial charge in [0.1, 0.15) is 0 Å². The molecule has 0 radical (unpaired) electrons. The number of β-amino-alcohol motifs (C(OH)–C–C–N with tert-alkyl or cyclic N) is 1. The van der Waals surface area contributed by atoms with Gasteiger partial charge in [-0.15, -0.1) is 0 Å². The van der Waals surface area contributed by atoms with Crippen molar-refractivity contribution < 1.29 is 20.7 Å². The van der Waals surface area contributed by atoms with Crippen molar-refractivity contribution in [2.45, 2.75) is 56.8 Å². The fourth-order valence-corrected chi connectivity index (χ4v) is 4.00. The minimum atomic E-state index is -1.29. The highest BCUT2D eigenvalue weighted by molar-refractivity contribution is 5.42. The summed E-state index contributed by atoms with van der Waals surface area (Å²) in [5.41, 5.74) is 1.16. The lowest BCUT2D eigenvalue weighted by Crippen LogP contribution is -2.46. The lowest BCUT2D eigenvalue weighted by atomic mass is 9.91. The molecule has 1 saturated carbocycles. The summed E-state index contributed by atoms with van der Waals surface area (Å²) in [7, 11) is 3.29. The molecule has 1 heterocycles. The zero-order valence-electron chi connectivity index (χ0n) is 16.4. The summed E-state index contributed by atoms with van der Waals surface area (Å²) in [6.45, 7) is 1.89. The molecule has 140 valence electrons. The van der Waals surface area contributed by atoms with Gasteiger partial charge in [0.2, 0.25) is 0 Å². The van der Waals surface area contributed by atoms with E-state index in [0.717, 1.165) is 42.9 Å². The Morgan fingerprint density at radius 3 is 2.68 bits per heavy atom. The standard InChI is InChI=1S/C20H31NO4/c1-23-19-8-7-15(13-20(19)24-2)10-12-25-18-6-4-3-5-17(18)21-11-9-16(22)14-21/h7-8,13,16-18,22H,3-6,9-12,14H2,1-2H3/t16-,17-,18-/m1/s1/i16D. The number of hydrogen-bond acceptors (Lipinski definition) is 5. The van der Waals surface area contributed by atoms with Gasteiger partial charge in [-0.25, -0.2) is 0 Å². The third-order valence-corrected chi connectivity index (χ3v) is 5.38. The van der Waals surface area contributed by atoms with Crippen LogP contribution in [0.2, 0.25) is 0 Å². The minimum Gasteiger partial charge on any atom is -0.493 e. The first-order valence-corrected chi connectivity index (χ1v) is 9.31. The molecular formula is C20H31NO4. The molecule has 0 spiro atoms. The number of methoxy groups -OCH3 is 2. The molecule has 1 aliphatic heterocycles. The average Bonchev–Trinajstić information content (AvgIpc) is 3.01. The number of benzene rings is 1. The second kappa shape index (κ2) is 8.88. The number of nitrogens with zero attached hydrogens (tertiary/aromatic N) is 1. The fraction of sp³-hybridized carbons (Fsp3) is 0.700. The summed E-state index contributed by atoms with van der Waals surface area (Å²) in [4.78, 5) is 2.26. The fourth-order valence-electron chi connectivity index (χ4n) is 4.00. The van der Waals surface area contributed by atoms with Crippen LogP contribution in [0.5, 0.6) is 11.5 Å². The monoisotopic (exact) mass is 350 g/mol. The number of hydrogen-bond donors (Lipinski definition) is 1. The van der Waals surface area contributed by atoms with Crippen LogP contribution in [0.15, 0.2) is 18.2 Å². The molecule has 3 rings (SSSR count). The van der Waals surface area contributed by atoms with Crippen molar-refractivity contribution >= 4 is 0 Å². The zero-order chi connectivity index (χ0) is 18.6. The summed E-state index contributed by atoms with van der Waals surface area (Å²) < 4.78 is 24.8. The van der Waals surface area contributed by atoms with E-state index in [9.17, 15) is 5.11 Å². The molecule has 2 fully saturated rings. The number of aliphatic hydroxyl groups is 1. The lowest BCUT2D eigenvalue weighted by Gasteiger charge is -2.37. The van der Waals surface area contributed by atoms with Crippen molar-refractivity contribution in [1.82, 2.24) is 4.90 Å². The Kier molecular flexibility index (Phi) is 6.08. The molecule has 3 atom stereocenters. The van der Waals surface area contributed by atoms with Crippen LogP contribution in [-0.4, -0.2) is 62.1 Å². The van der Waals surface area contributed by atoms with E-state index < -0.39 is 6.08 Å². The summed E-state index contributed by atoms with van der Waals surface area (Å²) in [6.07, 6.45) is 4.80. The van der Waals surface area contributed by atoms with Crippen LogP contribution < -0.4 is 9.47 Å². The third-order valence-electron chi connectivity index (χ3n) is 5.38. The predicted molar refractivity (Wildman–Crippen MR) is 97.4 cm³/mol. The van der Waals surface area contributed by atoms with Crippen LogP contribution in [0.4, 0.5) is 0 Å². The number of ether oxygens (including phenoxy) is 3. The average molecular weight is 350 g/mol. The van der Waals surface area contributed by atoms with Crippen LogP contribution in [0.1, 0.15) is 39.0 Å². The van der Waals surface area contributed by atoms with Gasteiger partial charge in [0.05, 0.1) is 34.4 Å². The topological polar surface area (TPSA) is 51.2 Å². The van der Waals surface area contributed by atoms with Gasteiger partial charge in [-0.3, -0.25) is 4.90 Å². The maximum absolute atomic E-state index is 9.96. The summed E-state index contributed by atoms with van der Waals surface area (Å²) in [5.74, 6) is 1.48. The molecule has 1 N–H and O–H groups in total. The highest BCUT2D eigenvalue weighted by atomic mass is 16.5. The van der Waals surface area contributed by atoms with Crippen molar-refractivity contribution in [1.29, 1.82) is 0 Å². The van der Waals surface area contributed by atoms with E-state index >= 15 is 0 Å². The molecule has 1 aliphatic carbocycles. The molecule has 0 amide bonds. The van der Waals surface area contributed by atoms with Crippen molar-refractivity contribution in [2.24, 2.45) is 0 Å². The molecule has 0 bridgehead atoms. The van der Waals surface area contributed by atoms with E-state index in [-0.39, 0.29) is 6.10 Å². The number of likely N-dealkylation sites (tertiary alicyclic amines) is 1. The lowest BCUT2D eigenvalue weighted by molar-refractivity contribution is -0.0316. The summed E-state index contributed by atoms with van der Waals surface area (Å²) >= 11 is 0. The molecule has 5 heteroatoms. The van der Waals surface area contributed by atoms with E-state index in [1.807, 2.05) is 18.2 Å². The van der Waals surface area contributed by atoms with Crippen molar-refractivity contribution in [3.63, 3.8) is 0 Å². The van der Waals surface area contributed by atoms with Gasteiger partial charge < -0.3 is 19.3 Å². The first-order valence-electron chi connectivity index (χ1n) is 9.81. The van der Waals surface area contributed by atoms with E-state index in [1.165, 1.54) is 12.8 Å². The Morgan fingerprint density at radius 2 is 1.96 bits per heavy atom. The Bertz CT molecular complexity index is 595. The molecule has 1 saturated heterocycles. The highest BCUT2D eigenvalue weighted by Gasteiger charge is 2.34. The Labute approximate surface area is 152 Å². The Hall–Kier alpha value is -1.30. The molecule has 1 aromatic carbocycles. The highest BCUT2D eigenvalue weighted by Crippen LogP contribution is 2.30. The second-order valence-electron chi connectivity index (χ2n) is 6.99. The van der Waals surface area contributed by atoms with Crippen LogP contribution in [0.25, 0.3) is 0 Å². The van der Waals surface area contributed by atoms with Gasteiger partial charge in [-0.2, -0.15) is 0 Å². The molecule has 25 heavy (non-hydrogen) atoms. The van der Waals surface area contributed by atoms with Crippen LogP contribution in [0.3, 0.4) is 0 Å². The molecule has 0 aromatic heterocycles. The van der Waals surface area contributed by atoms with Gasteiger partial charge in [-0.05, 0) is 43.4 Å². The maximum Gasteiger partial charge on any atom is 0.160 e. The van der Waals surface area contributed by atoms with E-state index in [2.05, 4.69) is 4.90 Å². The Balaban J connectivity index is 1.54. The second-order valence-corrected chi connectivity index (χ2v) is 6.99. The maximum atomic E-state index is 9.96. The summed E-state index contributed by atoms with van der Waals surface area (Å²) in [6, 6.07) is 6.30. The van der Waals surface area contributed by atoms with Crippen molar-refractivity contribution in [3.8, 4) is 11.5 Å². The SMILES string of the molecule is [2H][C@@]1(O)CCN([C@@H]2CCCC[C@H]2OCCc2ccc(OC)c(OC)c2)C1. The Morgan fingerprint density at radius 1 is 1.16 bits per heavy atom. The largest absolute Gasteiger partial charge is 0.493 e. The van der Waals surface area contributed by atoms with Gasteiger partial charge >= 0.3 is 0 Å². The first kappa shape index (κ1) is 17.1. The molecule has 0 unspecified atom stereocenters. The van der Waals surface area contributed by atoms with E-state index in [0.29, 0.717) is 25.6 Å². The number of rotatable bonds is 7. The third kappa shape index (κ3) is 4.66. The van der Waals surface area contributed by atoms with Crippen LogP contribution >= 0.6 is 0 Å².